The summed E-state index contributed by atoms with van der Waals surface area (Å²) in [5.41, 5.74) is 0.557. The lowest BCUT2D eigenvalue weighted by Gasteiger charge is -2.14. The van der Waals surface area contributed by atoms with Crippen molar-refractivity contribution in [1.82, 2.24) is 4.90 Å². The molecular weight excluding hydrogens is 498 g/mol. The topological polar surface area (TPSA) is 132 Å². The fourth-order valence-corrected chi connectivity index (χ4v) is 4.27. The molecule has 1 aliphatic rings. The van der Waals surface area contributed by atoms with E-state index in [1.54, 1.807) is 30.3 Å². The van der Waals surface area contributed by atoms with Gasteiger partial charge in [0.05, 0.1) is 27.6 Å². The first-order valence-corrected chi connectivity index (χ1v) is 11.2. The first kappa shape index (κ1) is 24.0. The lowest BCUT2D eigenvalue weighted by Crippen LogP contribution is -2.36. The molecule has 0 saturated carbocycles. The molecule has 3 aromatic rings. The van der Waals surface area contributed by atoms with Crippen LogP contribution in [0.15, 0.2) is 63.9 Å². The highest BCUT2D eigenvalue weighted by atomic mass is 35.5. The van der Waals surface area contributed by atoms with Gasteiger partial charge >= 0.3 is 0 Å². The van der Waals surface area contributed by atoms with E-state index in [1.165, 1.54) is 37.5 Å². The van der Waals surface area contributed by atoms with Gasteiger partial charge in [0.2, 0.25) is 5.91 Å². The van der Waals surface area contributed by atoms with Gasteiger partial charge in [0.1, 0.15) is 23.8 Å². The summed E-state index contributed by atoms with van der Waals surface area (Å²) in [5.74, 6) is -0.306. The third-order valence-corrected chi connectivity index (χ3v) is 6.12. The summed E-state index contributed by atoms with van der Waals surface area (Å²) in [7, 11) is 1.46. The van der Waals surface area contributed by atoms with Crippen molar-refractivity contribution in [2.75, 3.05) is 19.0 Å². The summed E-state index contributed by atoms with van der Waals surface area (Å²) in [6.45, 7) is -0.479. The number of nitrogens with one attached hydrogen (secondary N) is 1. The first-order chi connectivity index (χ1) is 16.8. The van der Waals surface area contributed by atoms with Crippen molar-refractivity contribution in [3.8, 4) is 17.1 Å². The Labute approximate surface area is 207 Å². The zero-order valence-electron chi connectivity index (χ0n) is 18.0. The number of carbonyl (C=O) groups is 3. The van der Waals surface area contributed by atoms with Crippen LogP contribution in [0.2, 0.25) is 5.02 Å². The van der Waals surface area contributed by atoms with Crippen molar-refractivity contribution in [2.45, 2.75) is 0 Å². The van der Waals surface area contributed by atoms with Gasteiger partial charge in [-0.1, -0.05) is 23.7 Å². The van der Waals surface area contributed by atoms with E-state index < -0.39 is 28.5 Å². The molecule has 1 aromatic heterocycles. The van der Waals surface area contributed by atoms with E-state index in [0.29, 0.717) is 28.8 Å². The highest BCUT2D eigenvalue weighted by Crippen LogP contribution is 2.36. The second-order valence-corrected chi connectivity index (χ2v) is 8.54. The number of halogens is 1. The molecule has 0 radical (unpaired) electrons. The Morgan fingerprint density at radius 2 is 2.00 bits per heavy atom. The monoisotopic (exact) mass is 513 g/mol. The SMILES string of the molecule is COc1ccccc1NC(=O)CN1C(=O)S/C(=C/c2ccc(-c3cc([N+](=O)[O-])ccc3Cl)o2)C1=O. The number of nitro groups is 1. The van der Waals surface area contributed by atoms with E-state index in [0.717, 1.165) is 4.90 Å². The van der Waals surface area contributed by atoms with E-state index in [-0.39, 0.29) is 27.1 Å². The molecule has 35 heavy (non-hydrogen) atoms. The minimum absolute atomic E-state index is 0.0612. The largest absolute Gasteiger partial charge is 0.495 e. The van der Waals surface area contributed by atoms with Gasteiger partial charge in [-0.15, -0.1) is 0 Å². The number of benzene rings is 2. The van der Waals surface area contributed by atoms with Gasteiger partial charge in [0, 0.05) is 23.8 Å². The molecule has 0 bridgehead atoms. The van der Waals surface area contributed by atoms with Crippen LogP contribution in [0.5, 0.6) is 5.75 Å². The van der Waals surface area contributed by atoms with Gasteiger partial charge in [0.15, 0.2) is 0 Å². The van der Waals surface area contributed by atoms with Crippen molar-refractivity contribution < 1.29 is 28.5 Å². The summed E-state index contributed by atoms with van der Waals surface area (Å²) in [4.78, 5) is 49.0. The zero-order chi connectivity index (χ0) is 25.1. The molecular formula is C23H16ClN3O7S. The molecule has 2 heterocycles. The van der Waals surface area contributed by atoms with E-state index in [9.17, 15) is 24.5 Å². The third-order valence-electron chi connectivity index (χ3n) is 4.88. The molecule has 1 N–H and O–H groups in total. The smallest absolute Gasteiger partial charge is 0.294 e. The zero-order valence-corrected chi connectivity index (χ0v) is 19.6. The second kappa shape index (κ2) is 10.0. The van der Waals surface area contributed by atoms with Crippen LogP contribution in [-0.2, 0) is 9.59 Å². The van der Waals surface area contributed by atoms with E-state index in [4.69, 9.17) is 20.8 Å². The number of para-hydroxylation sites is 2. The Balaban J connectivity index is 1.49. The lowest BCUT2D eigenvalue weighted by atomic mass is 10.1. The average Bonchev–Trinajstić information content (AvgIpc) is 3.39. The Morgan fingerprint density at radius 3 is 2.74 bits per heavy atom. The van der Waals surface area contributed by atoms with Crippen LogP contribution in [-0.4, -0.2) is 40.5 Å². The molecule has 0 unspecified atom stereocenters. The number of amides is 3. The molecule has 1 aliphatic heterocycles. The Hall–Kier alpha value is -4.09. The van der Waals surface area contributed by atoms with Crippen LogP contribution in [0.4, 0.5) is 16.2 Å². The van der Waals surface area contributed by atoms with Gasteiger partial charge in [-0.2, -0.15) is 0 Å². The predicted octanol–water partition coefficient (Wildman–Crippen LogP) is 5.19. The van der Waals surface area contributed by atoms with Crippen LogP contribution >= 0.6 is 23.4 Å². The maximum absolute atomic E-state index is 12.8. The first-order valence-electron chi connectivity index (χ1n) is 9.99. The molecule has 178 valence electrons. The van der Waals surface area contributed by atoms with Gasteiger partial charge in [-0.25, -0.2) is 0 Å². The van der Waals surface area contributed by atoms with Crippen molar-refractivity contribution in [1.29, 1.82) is 0 Å². The number of carbonyl (C=O) groups excluding carboxylic acids is 3. The quantitative estimate of drug-likeness (QED) is 0.259. The highest BCUT2D eigenvalue weighted by molar-refractivity contribution is 8.18. The molecule has 1 saturated heterocycles. The molecule has 4 rings (SSSR count). The number of rotatable bonds is 7. The van der Waals surface area contributed by atoms with Crippen LogP contribution in [0.3, 0.4) is 0 Å². The standard InChI is InChI=1S/C23H16ClN3O7S/c1-33-19-5-3-2-4-17(19)25-21(28)12-26-22(29)20(35-23(26)30)11-14-7-9-18(34-14)15-10-13(27(31)32)6-8-16(15)24/h2-11H,12H2,1H3,(H,25,28)/b20-11+. The summed E-state index contributed by atoms with van der Waals surface area (Å²) >= 11 is 6.81. The van der Waals surface area contributed by atoms with Crippen molar-refractivity contribution in [2.24, 2.45) is 0 Å². The number of imide groups is 1. The number of furan rings is 1. The van der Waals surface area contributed by atoms with E-state index in [2.05, 4.69) is 5.32 Å². The average molecular weight is 514 g/mol. The second-order valence-electron chi connectivity index (χ2n) is 7.14. The van der Waals surface area contributed by atoms with E-state index >= 15 is 0 Å². The lowest BCUT2D eigenvalue weighted by molar-refractivity contribution is -0.384. The number of non-ortho nitro benzene ring substituents is 1. The van der Waals surface area contributed by atoms with Gasteiger partial charge in [0.25, 0.3) is 16.8 Å². The minimum atomic E-state index is -0.651. The number of ether oxygens (including phenoxy) is 1. The number of hydrogen-bond acceptors (Lipinski definition) is 8. The van der Waals surface area contributed by atoms with Crippen molar-refractivity contribution in [3.05, 3.63) is 80.4 Å². The molecule has 3 amide bonds. The number of methoxy groups -OCH3 is 1. The van der Waals surface area contributed by atoms with Gasteiger partial charge in [-0.05, 0) is 42.1 Å². The van der Waals surface area contributed by atoms with Crippen LogP contribution in [0.1, 0.15) is 5.76 Å². The Morgan fingerprint density at radius 1 is 1.23 bits per heavy atom. The molecule has 10 nitrogen and oxygen atoms in total. The van der Waals surface area contributed by atoms with Gasteiger partial charge in [-0.3, -0.25) is 29.4 Å². The Kier molecular flexibility index (Phi) is 6.90. The molecule has 0 spiro atoms. The minimum Gasteiger partial charge on any atom is -0.495 e. The number of hydrogen-bond donors (Lipinski definition) is 1. The number of nitrogens with zero attached hydrogens (tertiary/aromatic N) is 2. The number of anilines is 1. The predicted molar refractivity (Wildman–Crippen MR) is 130 cm³/mol. The van der Waals surface area contributed by atoms with Crippen molar-refractivity contribution in [3.63, 3.8) is 0 Å². The number of thioether (sulfide) groups is 1. The Bertz CT molecular complexity index is 1380. The fourth-order valence-electron chi connectivity index (χ4n) is 3.24. The fraction of sp³-hybridized carbons (Fsp3) is 0.0870. The van der Waals surface area contributed by atoms with Gasteiger partial charge < -0.3 is 14.5 Å². The normalized spacial score (nSPS) is 14.5. The summed E-state index contributed by atoms with van der Waals surface area (Å²) < 4.78 is 10.9. The molecule has 2 aromatic carbocycles. The third kappa shape index (κ3) is 5.20. The van der Waals surface area contributed by atoms with Crippen LogP contribution in [0.25, 0.3) is 17.4 Å². The summed E-state index contributed by atoms with van der Waals surface area (Å²) in [6.07, 6.45) is 1.36. The maximum Gasteiger partial charge on any atom is 0.294 e. The van der Waals surface area contributed by atoms with Crippen LogP contribution < -0.4 is 10.1 Å². The summed E-state index contributed by atoms with van der Waals surface area (Å²) in [6, 6.07) is 13.8. The van der Waals surface area contributed by atoms with Crippen LogP contribution in [0, 0.1) is 10.1 Å². The molecule has 1 fully saturated rings. The highest BCUT2D eigenvalue weighted by Gasteiger charge is 2.36. The molecule has 0 atom stereocenters. The summed E-state index contributed by atoms with van der Waals surface area (Å²) in [5, 5.41) is 13.3. The maximum atomic E-state index is 12.8. The van der Waals surface area contributed by atoms with E-state index in [1.807, 2.05) is 0 Å². The molecule has 0 aliphatic carbocycles. The molecule has 12 heteroatoms. The number of nitro benzene ring substituents is 1. The van der Waals surface area contributed by atoms with Crippen molar-refractivity contribution >= 4 is 57.9 Å².